The Bertz CT molecular complexity index is 1000. The molecule has 0 saturated carbocycles. The van der Waals surface area contributed by atoms with Gasteiger partial charge in [0.05, 0.1) is 19.1 Å². The summed E-state index contributed by atoms with van der Waals surface area (Å²) in [5.41, 5.74) is 1.29. The molecule has 6 nitrogen and oxygen atoms in total. The molecule has 0 spiro atoms. The molecule has 1 fully saturated rings. The van der Waals surface area contributed by atoms with Crippen molar-refractivity contribution in [3.05, 3.63) is 65.8 Å². The number of likely N-dealkylation sites (tertiary alicyclic amines) is 1. The van der Waals surface area contributed by atoms with Gasteiger partial charge in [0.2, 0.25) is 17.6 Å². The molecule has 1 saturated heterocycles. The van der Waals surface area contributed by atoms with Crippen LogP contribution in [0.25, 0.3) is 11.4 Å². The van der Waals surface area contributed by atoms with E-state index in [0.29, 0.717) is 30.8 Å². The van der Waals surface area contributed by atoms with Crippen LogP contribution in [-0.4, -0.2) is 41.1 Å². The minimum absolute atomic E-state index is 0.113. The topological polar surface area (TPSA) is 68.5 Å². The van der Waals surface area contributed by atoms with Gasteiger partial charge in [0, 0.05) is 19.5 Å². The van der Waals surface area contributed by atoms with Crippen molar-refractivity contribution in [2.75, 3.05) is 20.2 Å². The Morgan fingerprint density at radius 2 is 2.03 bits per heavy atom. The van der Waals surface area contributed by atoms with Crippen LogP contribution < -0.4 is 4.74 Å². The van der Waals surface area contributed by atoms with Crippen molar-refractivity contribution in [3.8, 4) is 17.1 Å². The molecule has 0 radical (unpaired) electrons. The first-order chi connectivity index (χ1) is 14.6. The van der Waals surface area contributed by atoms with E-state index in [1.165, 1.54) is 6.07 Å². The summed E-state index contributed by atoms with van der Waals surface area (Å²) in [5, 5.41) is 3.92. The normalized spacial score (nSPS) is 16.5. The largest absolute Gasteiger partial charge is 0.497 e. The summed E-state index contributed by atoms with van der Waals surface area (Å²) in [7, 11) is 1.62. The molecule has 1 atom stereocenters. The fourth-order valence-electron chi connectivity index (χ4n) is 3.82. The Morgan fingerprint density at radius 3 is 2.80 bits per heavy atom. The van der Waals surface area contributed by atoms with E-state index in [2.05, 4.69) is 10.1 Å². The van der Waals surface area contributed by atoms with Crippen molar-refractivity contribution in [1.29, 1.82) is 0 Å². The summed E-state index contributed by atoms with van der Waals surface area (Å²) in [6, 6.07) is 13.9. The zero-order valence-electron chi connectivity index (χ0n) is 16.9. The second kappa shape index (κ2) is 9.07. The van der Waals surface area contributed by atoms with E-state index in [9.17, 15) is 9.18 Å². The van der Waals surface area contributed by atoms with E-state index in [4.69, 9.17) is 9.26 Å². The zero-order valence-corrected chi connectivity index (χ0v) is 16.9. The summed E-state index contributed by atoms with van der Waals surface area (Å²) < 4.78 is 24.4. The van der Waals surface area contributed by atoms with Crippen molar-refractivity contribution in [2.45, 2.75) is 25.7 Å². The maximum Gasteiger partial charge on any atom is 0.227 e. The van der Waals surface area contributed by atoms with Gasteiger partial charge in [0.15, 0.2) is 0 Å². The monoisotopic (exact) mass is 409 g/mol. The minimum atomic E-state index is -0.377. The van der Waals surface area contributed by atoms with Crippen LogP contribution in [0.4, 0.5) is 4.39 Å². The van der Waals surface area contributed by atoms with Gasteiger partial charge in [-0.15, -0.1) is 0 Å². The standard InChI is InChI=1S/C23H24FN3O3/c1-29-18-10-8-16(9-11-18)14-22(28)27-12-4-5-17(15-27)13-21-25-23(26-30-21)19-6-2-3-7-20(19)24/h2-3,6-11,17H,4-5,12-15H2,1H3. The van der Waals surface area contributed by atoms with Crippen LogP contribution in [-0.2, 0) is 17.6 Å². The molecule has 0 bridgehead atoms. The molecule has 0 N–H and O–H groups in total. The molecule has 1 aliphatic heterocycles. The van der Waals surface area contributed by atoms with Gasteiger partial charge in [-0.1, -0.05) is 29.4 Å². The van der Waals surface area contributed by atoms with Gasteiger partial charge in [-0.05, 0) is 48.6 Å². The Hall–Kier alpha value is -3.22. The molecule has 2 aromatic carbocycles. The van der Waals surface area contributed by atoms with E-state index in [1.54, 1.807) is 25.3 Å². The van der Waals surface area contributed by atoms with Crippen LogP contribution >= 0.6 is 0 Å². The number of methoxy groups -OCH3 is 1. The van der Waals surface area contributed by atoms with Crippen molar-refractivity contribution in [1.82, 2.24) is 15.0 Å². The Kier molecular flexibility index (Phi) is 6.07. The lowest BCUT2D eigenvalue weighted by Gasteiger charge is -2.32. The number of carbonyl (C=O) groups excluding carboxylic acids is 1. The Labute approximate surface area is 174 Å². The number of benzene rings is 2. The van der Waals surface area contributed by atoms with Gasteiger partial charge in [-0.25, -0.2) is 4.39 Å². The highest BCUT2D eigenvalue weighted by atomic mass is 19.1. The van der Waals surface area contributed by atoms with E-state index in [1.807, 2.05) is 29.2 Å². The quantitative estimate of drug-likeness (QED) is 0.618. The average molecular weight is 409 g/mol. The van der Waals surface area contributed by atoms with Gasteiger partial charge < -0.3 is 14.2 Å². The van der Waals surface area contributed by atoms with E-state index < -0.39 is 0 Å². The smallest absolute Gasteiger partial charge is 0.227 e. The lowest BCUT2D eigenvalue weighted by Crippen LogP contribution is -2.41. The lowest BCUT2D eigenvalue weighted by atomic mass is 9.94. The van der Waals surface area contributed by atoms with Gasteiger partial charge in [-0.2, -0.15) is 4.98 Å². The highest BCUT2D eigenvalue weighted by Crippen LogP contribution is 2.24. The van der Waals surface area contributed by atoms with Crippen LogP contribution in [0.1, 0.15) is 24.3 Å². The molecule has 2 heterocycles. The molecule has 156 valence electrons. The molecular weight excluding hydrogens is 385 g/mol. The van der Waals surface area contributed by atoms with Crippen molar-refractivity contribution < 1.29 is 18.4 Å². The molecule has 1 aromatic heterocycles. The van der Waals surface area contributed by atoms with Crippen LogP contribution in [0.5, 0.6) is 5.75 Å². The third-order valence-electron chi connectivity index (χ3n) is 5.43. The molecule has 0 aliphatic carbocycles. The van der Waals surface area contributed by atoms with Crippen LogP contribution in [0, 0.1) is 11.7 Å². The molecule has 1 unspecified atom stereocenters. The fraction of sp³-hybridized carbons (Fsp3) is 0.348. The van der Waals surface area contributed by atoms with Gasteiger partial charge in [0.25, 0.3) is 0 Å². The third-order valence-corrected chi connectivity index (χ3v) is 5.43. The first-order valence-corrected chi connectivity index (χ1v) is 10.1. The highest BCUT2D eigenvalue weighted by molar-refractivity contribution is 5.79. The van der Waals surface area contributed by atoms with Crippen LogP contribution in [0.2, 0.25) is 0 Å². The predicted molar refractivity (Wildman–Crippen MR) is 109 cm³/mol. The molecular formula is C23H24FN3O3. The molecule has 4 rings (SSSR count). The third kappa shape index (κ3) is 4.67. The maximum atomic E-state index is 13.9. The summed E-state index contributed by atoms with van der Waals surface area (Å²) in [6.45, 7) is 1.42. The summed E-state index contributed by atoms with van der Waals surface area (Å²) in [4.78, 5) is 19.0. The lowest BCUT2D eigenvalue weighted by molar-refractivity contribution is -0.132. The van der Waals surface area contributed by atoms with Crippen molar-refractivity contribution in [3.63, 3.8) is 0 Å². The number of hydrogen-bond donors (Lipinski definition) is 0. The van der Waals surface area contributed by atoms with E-state index in [0.717, 1.165) is 30.7 Å². The maximum absolute atomic E-state index is 13.9. The number of nitrogens with zero attached hydrogens (tertiary/aromatic N) is 3. The predicted octanol–water partition coefficient (Wildman–Crippen LogP) is 3.91. The summed E-state index contributed by atoms with van der Waals surface area (Å²) >= 11 is 0. The molecule has 30 heavy (non-hydrogen) atoms. The van der Waals surface area contributed by atoms with Crippen LogP contribution in [0.3, 0.4) is 0 Å². The summed E-state index contributed by atoms with van der Waals surface area (Å²) in [6.07, 6.45) is 2.87. The zero-order chi connectivity index (χ0) is 20.9. The molecule has 7 heteroatoms. The second-order valence-electron chi connectivity index (χ2n) is 7.57. The number of halogens is 1. The number of rotatable bonds is 6. The first kappa shape index (κ1) is 20.1. The molecule has 1 aliphatic rings. The summed E-state index contributed by atoms with van der Waals surface area (Å²) in [5.74, 6) is 1.49. The number of carbonyl (C=O) groups is 1. The fourth-order valence-corrected chi connectivity index (χ4v) is 3.82. The van der Waals surface area contributed by atoms with Crippen LogP contribution in [0.15, 0.2) is 53.1 Å². The van der Waals surface area contributed by atoms with Gasteiger partial charge in [-0.3, -0.25) is 4.79 Å². The van der Waals surface area contributed by atoms with Crippen molar-refractivity contribution in [2.24, 2.45) is 5.92 Å². The number of aromatic nitrogens is 2. The Morgan fingerprint density at radius 1 is 1.23 bits per heavy atom. The van der Waals surface area contributed by atoms with Crippen molar-refractivity contribution >= 4 is 5.91 Å². The minimum Gasteiger partial charge on any atom is -0.497 e. The average Bonchev–Trinajstić information content (AvgIpc) is 3.23. The number of hydrogen-bond acceptors (Lipinski definition) is 5. The van der Waals surface area contributed by atoms with Gasteiger partial charge in [0.1, 0.15) is 11.6 Å². The van der Waals surface area contributed by atoms with Gasteiger partial charge >= 0.3 is 0 Å². The number of ether oxygens (including phenoxy) is 1. The second-order valence-corrected chi connectivity index (χ2v) is 7.57. The first-order valence-electron chi connectivity index (χ1n) is 10.1. The Balaban J connectivity index is 1.36. The molecule has 1 amide bonds. The number of piperidine rings is 1. The van der Waals surface area contributed by atoms with E-state index in [-0.39, 0.29) is 23.5 Å². The highest BCUT2D eigenvalue weighted by Gasteiger charge is 2.26. The SMILES string of the molecule is COc1ccc(CC(=O)N2CCCC(Cc3nc(-c4ccccc4F)no3)C2)cc1. The number of amides is 1. The van der Waals surface area contributed by atoms with E-state index >= 15 is 0 Å². The molecule has 3 aromatic rings.